The fraction of sp³-hybridized carbons (Fsp3) is 0.875. The summed E-state index contributed by atoms with van der Waals surface area (Å²) < 4.78 is 5.17. The van der Waals surface area contributed by atoms with Gasteiger partial charge in [0.25, 0.3) is 0 Å². The Morgan fingerprint density at radius 3 is 2.64 bits per heavy atom. The van der Waals surface area contributed by atoms with Crippen molar-refractivity contribution in [3.8, 4) is 0 Å². The maximum Gasteiger partial charge on any atom is 0.310 e. The Bertz CT molecular complexity index is 178. The Morgan fingerprint density at radius 1 is 1.55 bits per heavy atom. The summed E-state index contributed by atoms with van der Waals surface area (Å²) in [5.41, 5.74) is -0.378. The molecule has 0 aromatic rings. The largest absolute Gasteiger partial charge is 0.481 e. The molecule has 1 saturated carbocycles. The van der Waals surface area contributed by atoms with Gasteiger partial charge in [-0.15, -0.1) is 0 Å². The molecule has 3 nitrogen and oxygen atoms in total. The molecule has 11 heavy (non-hydrogen) atoms. The molecular weight excluding hydrogens is 144 g/mol. The maximum atomic E-state index is 10.8. The van der Waals surface area contributed by atoms with Crippen LogP contribution in [0.5, 0.6) is 0 Å². The van der Waals surface area contributed by atoms with Crippen LogP contribution in [-0.4, -0.2) is 24.3 Å². The van der Waals surface area contributed by atoms with E-state index in [9.17, 15) is 4.79 Å². The first kappa shape index (κ1) is 7.10. The van der Waals surface area contributed by atoms with Crippen LogP contribution in [0.2, 0.25) is 0 Å². The van der Waals surface area contributed by atoms with E-state index in [4.69, 9.17) is 9.84 Å². The molecule has 1 N–H and O–H groups in total. The van der Waals surface area contributed by atoms with E-state index >= 15 is 0 Å². The fourth-order valence-corrected chi connectivity index (χ4v) is 1.90. The first-order valence-electron chi connectivity index (χ1n) is 4.07. The van der Waals surface area contributed by atoms with Gasteiger partial charge in [0, 0.05) is 12.5 Å². The van der Waals surface area contributed by atoms with Crippen LogP contribution in [-0.2, 0) is 9.53 Å². The van der Waals surface area contributed by atoms with Crippen LogP contribution in [0.15, 0.2) is 0 Å². The van der Waals surface area contributed by atoms with Gasteiger partial charge in [-0.05, 0) is 19.3 Å². The lowest BCUT2D eigenvalue weighted by Gasteiger charge is -2.15. The fourth-order valence-electron chi connectivity index (χ4n) is 1.90. The van der Waals surface area contributed by atoms with E-state index in [-0.39, 0.29) is 5.41 Å². The molecule has 62 valence electrons. The van der Waals surface area contributed by atoms with Crippen molar-refractivity contribution < 1.29 is 14.6 Å². The Kier molecular flexibility index (Phi) is 1.42. The second-order valence-corrected chi connectivity index (χ2v) is 3.52. The molecule has 0 amide bonds. The van der Waals surface area contributed by atoms with Gasteiger partial charge in [0.2, 0.25) is 0 Å². The molecule has 1 unspecified atom stereocenters. The Morgan fingerprint density at radius 2 is 2.27 bits per heavy atom. The molecule has 1 atom stereocenters. The minimum Gasteiger partial charge on any atom is -0.481 e. The Labute approximate surface area is 65.4 Å². The highest BCUT2D eigenvalue weighted by molar-refractivity contribution is 5.78. The van der Waals surface area contributed by atoms with Gasteiger partial charge in [-0.2, -0.15) is 0 Å². The lowest BCUT2D eigenvalue weighted by Crippen LogP contribution is -2.25. The summed E-state index contributed by atoms with van der Waals surface area (Å²) in [5, 5.41) is 8.91. The van der Waals surface area contributed by atoms with Gasteiger partial charge in [-0.25, -0.2) is 0 Å². The predicted molar refractivity (Wildman–Crippen MR) is 38.2 cm³/mol. The Balaban J connectivity index is 2.07. The average molecular weight is 156 g/mol. The number of hydrogen-bond acceptors (Lipinski definition) is 2. The molecule has 1 aliphatic carbocycles. The van der Waals surface area contributed by atoms with Gasteiger partial charge in [0.15, 0.2) is 0 Å². The molecule has 2 aliphatic rings. The SMILES string of the molecule is O=C(O)C1(C2CCOC2)CC1. The summed E-state index contributed by atoms with van der Waals surface area (Å²) in [7, 11) is 0. The summed E-state index contributed by atoms with van der Waals surface area (Å²) in [6, 6.07) is 0. The van der Waals surface area contributed by atoms with Gasteiger partial charge >= 0.3 is 5.97 Å². The van der Waals surface area contributed by atoms with Crippen LogP contribution in [0.25, 0.3) is 0 Å². The van der Waals surface area contributed by atoms with Crippen LogP contribution in [0.3, 0.4) is 0 Å². The summed E-state index contributed by atoms with van der Waals surface area (Å²) in [6.45, 7) is 1.41. The van der Waals surface area contributed by atoms with E-state index in [2.05, 4.69) is 0 Å². The molecule has 0 spiro atoms. The van der Waals surface area contributed by atoms with E-state index in [1.807, 2.05) is 0 Å². The summed E-state index contributed by atoms with van der Waals surface area (Å²) in [6.07, 6.45) is 2.65. The number of carboxylic acids is 1. The zero-order valence-corrected chi connectivity index (χ0v) is 6.38. The van der Waals surface area contributed by atoms with Gasteiger partial charge in [-0.1, -0.05) is 0 Å². The van der Waals surface area contributed by atoms with Crippen molar-refractivity contribution in [2.24, 2.45) is 11.3 Å². The smallest absolute Gasteiger partial charge is 0.310 e. The number of carboxylic acid groups (broad SMARTS) is 1. The van der Waals surface area contributed by atoms with E-state index in [1.54, 1.807) is 0 Å². The quantitative estimate of drug-likeness (QED) is 0.645. The number of ether oxygens (including phenoxy) is 1. The molecule has 1 aliphatic heterocycles. The van der Waals surface area contributed by atoms with Crippen molar-refractivity contribution in [3.05, 3.63) is 0 Å². The minimum atomic E-state index is -0.618. The summed E-state index contributed by atoms with van der Waals surface area (Å²) in [4.78, 5) is 10.8. The number of rotatable bonds is 2. The van der Waals surface area contributed by atoms with Crippen molar-refractivity contribution in [2.45, 2.75) is 19.3 Å². The molecule has 1 heterocycles. The van der Waals surface area contributed by atoms with Crippen molar-refractivity contribution in [1.29, 1.82) is 0 Å². The molecule has 3 heteroatoms. The monoisotopic (exact) mass is 156 g/mol. The van der Waals surface area contributed by atoms with Gasteiger partial charge in [-0.3, -0.25) is 4.79 Å². The molecule has 0 bridgehead atoms. The lowest BCUT2D eigenvalue weighted by atomic mass is 9.89. The van der Waals surface area contributed by atoms with E-state index in [0.29, 0.717) is 12.5 Å². The van der Waals surface area contributed by atoms with Gasteiger partial charge in [0.1, 0.15) is 0 Å². The van der Waals surface area contributed by atoms with E-state index in [0.717, 1.165) is 25.9 Å². The normalized spacial score (nSPS) is 33.6. The molecule has 2 fully saturated rings. The van der Waals surface area contributed by atoms with Crippen molar-refractivity contribution >= 4 is 5.97 Å². The highest BCUT2D eigenvalue weighted by atomic mass is 16.5. The maximum absolute atomic E-state index is 10.8. The second-order valence-electron chi connectivity index (χ2n) is 3.52. The predicted octanol–water partition coefficient (Wildman–Crippen LogP) is 0.888. The summed E-state index contributed by atoms with van der Waals surface area (Å²) in [5.74, 6) is -0.326. The topological polar surface area (TPSA) is 46.5 Å². The number of aliphatic carboxylic acids is 1. The second kappa shape index (κ2) is 2.21. The van der Waals surface area contributed by atoms with Crippen molar-refractivity contribution in [2.75, 3.05) is 13.2 Å². The van der Waals surface area contributed by atoms with Crippen LogP contribution in [0.1, 0.15) is 19.3 Å². The van der Waals surface area contributed by atoms with Crippen LogP contribution in [0.4, 0.5) is 0 Å². The van der Waals surface area contributed by atoms with Gasteiger partial charge in [0.05, 0.1) is 12.0 Å². The highest BCUT2D eigenvalue weighted by Crippen LogP contribution is 2.54. The Hall–Kier alpha value is -0.570. The third-order valence-electron chi connectivity index (χ3n) is 2.93. The first-order chi connectivity index (χ1) is 5.26. The standard InChI is InChI=1S/C8H12O3/c9-7(10)8(2-3-8)6-1-4-11-5-6/h6H,1-5H2,(H,9,10). The van der Waals surface area contributed by atoms with Crippen LogP contribution >= 0.6 is 0 Å². The first-order valence-corrected chi connectivity index (χ1v) is 4.07. The summed E-state index contributed by atoms with van der Waals surface area (Å²) >= 11 is 0. The van der Waals surface area contributed by atoms with E-state index in [1.165, 1.54) is 0 Å². The molecule has 1 saturated heterocycles. The van der Waals surface area contributed by atoms with Crippen LogP contribution in [0, 0.1) is 11.3 Å². The minimum absolute atomic E-state index is 0.292. The molecule has 0 aromatic heterocycles. The molecule has 2 rings (SSSR count). The van der Waals surface area contributed by atoms with Gasteiger partial charge < -0.3 is 9.84 Å². The molecular formula is C8H12O3. The van der Waals surface area contributed by atoms with Crippen LogP contribution < -0.4 is 0 Å². The number of carbonyl (C=O) groups is 1. The van der Waals surface area contributed by atoms with Crippen molar-refractivity contribution in [3.63, 3.8) is 0 Å². The third-order valence-corrected chi connectivity index (χ3v) is 2.93. The van der Waals surface area contributed by atoms with Crippen molar-refractivity contribution in [1.82, 2.24) is 0 Å². The molecule has 0 aromatic carbocycles. The number of hydrogen-bond donors (Lipinski definition) is 1. The highest BCUT2D eigenvalue weighted by Gasteiger charge is 2.56. The lowest BCUT2D eigenvalue weighted by molar-refractivity contribution is -0.145. The average Bonchev–Trinajstić information content (AvgIpc) is 2.61. The van der Waals surface area contributed by atoms with E-state index < -0.39 is 5.97 Å². The zero-order valence-electron chi connectivity index (χ0n) is 6.38. The third kappa shape index (κ3) is 0.948. The zero-order chi connectivity index (χ0) is 7.90. The molecule has 0 radical (unpaired) electrons.